The van der Waals surface area contributed by atoms with Gasteiger partial charge in [0, 0.05) is 41.1 Å². The third-order valence-electron chi connectivity index (χ3n) is 5.59. The van der Waals surface area contributed by atoms with Gasteiger partial charge in [0.1, 0.15) is 0 Å². The van der Waals surface area contributed by atoms with Crippen molar-refractivity contribution in [2.75, 3.05) is 10.6 Å². The van der Waals surface area contributed by atoms with Gasteiger partial charge in [-0.15, -0.1) is 11.3 Å². The molecule has 0 saturated heterocycles. The molecule has 1 amide bonds. The van der Waals surface area contributed by atoms with Gasteiger partial charge >= 0.3 is 0 Å². The number of aromatic nitrogens is 5. The van der Waals surface area contributed by atoms with Crippen molar-refractivity contribution < 1.29 is 4.79 Å². The number of nitrogens with zero attached hydrogens (tertiary/aromatic N) is 4. The Bertz CT molecular complexity index is 1650. The summed E-state index contributed by atoms with van der Waals surface area (Å²) in [5.74, 6) is 1.07. The molecular formula is C27H19N7OS. The number of pyridine rings is 1. The lowest BCUT2D eigenvalue weighted by atomic mass is 10.1. The highest BCUT2D eigenvalue weighted by Gasteiger charge is 2.13. The maximum absolute atomic E-state index is 12.6. The Balaban J connectivity index is 1.29. The number of aromatic amines is 1. The first kappa shape index (κ1) is 21.6. The van der Waals surface area contributed by atoms with Gasteiger partial charge in [0.15, 0.2) is 11.6 Å². The molecule has 0 aliphatic carbocycles. The van der Waals surface area contributed by atoms with Gasteiger partial charge in [-0.1, -0.05) is 24.3 Å². The predicted molar refractivity (Wildman–Crippen MR) is 142 cm³/mol. The molecule has 3 N–H and O–H groups in total. The number of nitrogens with one attached hydrogen (secondary N) is 3. The van der Waals surface area contributed by atoms with Gasteiger partial charge < -0.3 is 10.6 Å². The fourth-order valence-corrected chi connectivity index (χ4v) is 4.58. The maximum Gasteiger partial charge on any atom is 0.257 e. The van der Waals surface area contributed by atoms with Crippen molar-refractivity contribution in [3.8, 4) is 22.5 Å². The van der Waals surface area contributed by atoms with Crippen molar-refractivity contribution in [3.05, 3.63) is 102 Å². The van der Waals surface area contributed by atoms with E-state index in [0.717, 1.165) is 38.4 Å². The van der Waals surface area contributed by atoms with Gasteiger partial charge in [0.05, 0.1) is 22.0 Å². The molecule has 4 heterocycles. The average Bonchev–Trinajstić information content (AvgIpc) is 3.63. The van der Waals surface area contributed by atoms with Crippen LogP contribution in [0.2, 0.25) is 0 Å². The van der Waals surface area contributed by atoms with Crippen molar-refractivity contribution in [2.45, 2.75) is 0 Å². The van der Waals surface area contributed by atoms with E-state index >= 15 is 0 Å². The topological polar surface area (TPSA) is 108 Å². The summed E-state index contributed by atoms with van der Waals surface area (Å²) < 4.78 is 0.971. The number of hydrogen-bond donors (Lipinski definition) is 3. The van der Waals surface area contributed by atoms with E-state index in [1.165, 1.54) is 6.20 Å². The summed E-state index contributed by atoms with van der Waals surface area (Å²) in [4.78, 5) is 26.2. The zero-order chi connectivity index (χ0) is 24.3. The second-order valence-electron chi connectivity index (χ2n) is 8.00. The molecule has 0 bridgehead atoms. The van der Waals surface area contributed by atoms with Crippen LogP contribution >= 0.6 is 11.3 Å². The van der Waals surface area contributed by atoms with Gasteiger partial charge in [0.2, 0.25) is 0 Å². The van der Waals surface area contributed by atoms with E-state index in [0.29, 0.717) is 17.1 Å². The molecule has 8 nitrogen and oxygen atoms in total. The number of benzene rings is 2. The van der Waals surface area contributed by atoms with Crippen LogP contribution in [0.5, 0.6) is 0 Å². The fraction of sp³-hybridized carbons (Fsp3) is 0. The quantitative estimate of drug-likeness (QED) is 0.259. The van der Waals surface area contributed by atoms with Crippen LogP contribution in [0.25, 0.3) is 32.7 Å². The van der Waals surface area contributed by atoms with E-state index in [1.807, 2.05) is 66.2 Å². The first-order valence-corrected chi connectivity index (χ1v) is 12.0. The highest BCUT2D eigenvalue weighted by Crippen LogP contribution is 2.32. The smallest absolute Gasteiger partial charge is 0.257 e. The van der Waals surface area contributed by atoms with Gasteiger partial charge in [-0.2, -0.15) is 5.10 Å². The summed E-state index contributed by atoms with van der Waals surface area (Å²) in [5.41, 5.74) is 5.81. The lowest BCUT2D eigenvalue weighted by Crippen LogP contribution is -2.12. The molecule has 6 rings (SSSR count). The first-order valence-electron chi connectivity index (χ1n) is 11.2. The minimum atomic E-state index is -0.226. The van der Waals surface area contributed by atoms with Crippen LogP contribution in [0.3, 0.4) is 0 Å². The summed E-state index contributed by atoms with van der Waals surface area (Å²) >= 11 is 1.58. The summed E-state index contributed by atoms with van der Waals surface area (Å²) in [6.45, 7) is 0. The molecule has 0 aliphatic heterocycles. The summed E-state index contributed by atoms with van der Waals surface area (Å²) in [7, 11) is 0. The van der Waals surface area contributed by atoms with Crippen molar-refractivity contribution in [1.29, 1.82) is 0 Å². The van der Waals surface area contributed by atoms with Crippen LogP contribution in [-0.2, 0) is 0 Å². The molecule has 36 heavy (non-hydrogen) atoms. The minimum Gasteiger partial charge on any atom is -0.339 e. The van der Waals surface area contributed by atoms with E-state index in [1.54, 1.807) is 35.9 Å². The van der Waals surface area contributed by atoms with Crippen molar-refractivity contribution in [2.24, 2.45) is 0 Å². The molecule has 0 spiro atoms. The molecule has 2 aromatic carbocycles. The minimum absolute atomic E-state index is 0.226. The first-order chi connectivity index (χ1) is 17.7. The van der Waals surface area contributed by atoms with Crippen molar-refractivity contribution in [1.82, 2.24) is 25.1 Å². The van der Waals surface area contributed by atoms with E-state index in [2.05, 4.69) is 25.8 Å². The van der Waals surface area contributed by atoms with Crippen molar-refractivity contribution >= 4 is 44.7 Å². The number of carbonyl (C=O) groups excluding carboxylic acids is 1. The molecule has 0 saturated carbocycles. The average molecular weight is 490 g/mol. The Morgan fingerprint density at radius 3 is 2.58 bits per heavy atom. The third kappa shape index (κ3) is 4.42. The maximum atomic E-state index is 12.6. The van der Waals surface area contributed by atoms with Gasteiger partial charge in [0.25, 0.3) is 5.91 Å². The number of rotatable bonds is 6. The number of carbonyl (C=O) groups is 1. The Labute approximate surface area is 210 Å². The Kier molecular flexibility index (Phi) is 5.65. The largest absolute Gasteiger partial charge is 0.339 e. The number of amides is 1. The van der Waals surface area contributed by atoms with Crippen LogP contribution in [0.4, 0.5) is 17.2 Å². The Morgan fingerprint density at radius 1 is 0.861 bits per heavy atom. The number of fused-ring (bicyclic) bond motifs is 1. The molecule has 0 radical (unpaired) electrons. The fourth-order valence-electron chi connectivity index (χ4n) is 3.81. The molecule has 6 aromatic rings. The van der Waals surface area contributed by atoms with Crippen LogP contribution in [-0.4, -0.2) is 31.1 Å². The lowest BCUT2D eigenvalue weighted by molar-refractivity contribution is 0.102. The highest BCUT2D eigenvalue weighted by atomic mass is 32.1. The van der Waals surface area contributed by atoms with Gasteiger partial charge in [-0.05, 0) is 53.4 Å². The second kappa shape index (κ2) is 9.40. The lowest BCUT2D eigenvalue weighted by Gasteiger charge is -2.11. The predicted octanol–water partition coefficient (Wildman–Crippen LogP) is 6.14. The monoisotopic (exact) mass is 489 g/mol. The standard InChI is InChI=1S/C27H19N7OS/c35-27(19-4-2-11-28-14-19)32-22-5-1-3-18(13-22)25-33-23-10-12-36-24(23)26(34-25)31-21-8-6-17(7-9-21)20-15-29-30-16-20/h1-16H,(H,29,30)(H,32,35)(H,31,33,34). The molecule has 0 fully saturated rings. The third-order valence-corrected chi connectivity index (χ3v) is 6.50. The van der Waals surface area contributed by atoms with E-state index < -0.39 is 0 Å². The van der Waals surface area contributed by atoms with E-state index in [4.69, 9.17) is 9.97 Å². The van der Waals surface area contributed by atoms with Crippen LogP contribution in [0.15, 0.2) is 96.9 Å². The molecule has 9 heteroatoms. The zero-order valence-electron chi connectivity index (χ0n) is 18.8. The van der Waals surface area contributed by atoms with Crippen molar-refractivity contribution in [3.63, 3.8) is 0 Å². The highest BCUT2D eigenvalue weighted by molar-refractivity contribution is 7.17. The van der Waals surface area contributed by atoms with Crippen LogP contribution in [0, 0.1) is 0 Å². The van der Waals surface area contributed by atoms with Crippen LogP contribution in [0.1, 0.15) is 10.4 Å². The zero-order valence-corrected chi connectivity index (χ0v) is 19.7. The summed E-state index contributed by atoms with van der Waals surface area (Å²) in [5, 5.41) is 15.2. The number of thiophene rings is 1. The summed E-state index contributed by atoms with van der Waals surface area (Å²) in [6.07, 6.45) is 6.82. The van der Waals surface area contributed by atoms with E-state index in [-0.39, 0.29) is 5.91 Å². The number of H-pyrrole nitrogens is 1. The van der Waals surface area contributed by atoms with Crippen LogP contribution < -0.4 is 10.6 Å². The Hall–Kier alpha value is -4.89. The summed E-state index contributed by atoms with van der Waals surface area (Å²) in [6, 6.07) is 21.0. The normalized spacial score (nSPS) is 10.9. The Morgan fingerprint density at radius 2 is 1.78 bits per heavy atom. The second-order valence-corrected chi connectivity index (χ2v) is 8.91. The molecule has 0 atom stereocenters. The number of anilines is 3. The van der Waals surface area contributed by atoms with E-state index in [9.17, 15) is 4.79 Å². The van der Waals surface area contributed by atoms with Gasteiger partial charge in [-0.3, -0.25) is 14.9 Å². The molecule has 174 valence electrons. The SMILES string of the molecule is O=C(Nc1cccc(-c2nc(Nc3ccc(-c4cn[nH]c4)cc3)c3sccc3n2)c1)c1cccnc1. The molecular weight excluding hydrogens is 470 g/mol. The van der Waals surface area contributed by atoms with Gasteiger partial charge in [-0.25, -0.2) is 9.97 Å². The molecule has 4 aromatic heterocycles. The molecule has 0 unspecified atom stereocenters. The molecule has 0 aliphatic rings. The number of hydrogen-bond acceptors (Lipinski definition) is 7.